The molecule has 8 heteroatoms. The Labute approximate surface area is 185 Å². The summed E-state index contributed by atoms with van der Waals surface area (Å²) in [6, 6.07) is 10.8. The number of nitrogens with two attached hydrogens (primary N) is 1. The molecule has 1 fully saturated rings. The minimum Gasteiger partial charge on any atom is -0.469 e. The zero-order chi connectivity index (χ0) is 22.1. The van der Waals surface area contributed by atoms with Crippen molar-refractivity contribution in [2.75, 3.05) is 6.54 Å². The van der Waals surface area contributed by atoms with E-state index in [0.29, 0.717) is 12.6 Å². The molecule has 1 aliphatic rings. The molecule has 4 N–H and O–H groups in total. The maximum atomic E-state index is 11.4. The first-order valence-electron chi connectivity index (χ1n) is 11.1. The van der Waals surface area contributed by atoms with Crippen molar-refractivity contribution in [3.05, 3.63) is 54.0 Å². The van der Waals surface area contributed by atoms with Gasteiger partial charge >= 0.3 is 0 Å². The maximum Gasteiger partial charge on any atom is 0.238 e. The van der Waals surface area contributed by atoms with Crippen molar-refractivity contribution in [3.8, 4) is 0 Å². The molecule has 1 saturated carbocycles. The standard InChI is InChI=1S/C23H34N4O3S/c1-2-4-18-6-10-20(11-7-18)27-23(25-15-14-21-5-3-16-30-21)26-17-19-8-12-22(13-9-19)31(24,28)29/h3,5,8-9,12-13,16,18,20H,2,4,6-7,10-11,14-15,17H2,1H3,(H2,24,28,29)(H2,25,26,27). The summed E-state index contributed by atoms with van der Waals surface area (Å²) >= 11 is 0. The molecule has 0 atom stereocenters. The van der Waals surface area contributed by atoms with Crippen LogP contribution in [0.4, 0.5) is 0 Å². The predicted molar refractivity (Wildman–Crippen MR) is 123 cm³/mol. The summed E-state index contributed by atoms with van der Waals surface area (Å²) in [5.41, 5.74) is 0.922. The molecule has 2 aromatic rings. The highest BCUT2D eigenvalue weighted by Gasteiger charge is 2.21. The molecule has 7 nitrogen and oxygen atoms in total. The lowest BCUT2D eigenvalue weighted by Crippen LogP contribution is -2.45. The fourth-order valence-electron chi connectivity index (χ4n) is 4.06. The molecule has 0 spiro atoms. The molecule has 1 heterocycles. The molecular weight excluding hydrogens is 412 g/mol. The lowest BCUT2D eigenvalue weighted by atomic mass is 9.83. The van der Waals surface area contributed by atoms with Gasteiger partial charge in [-0.3, -0.25) is 0 Å². The molecule has 0 aliphatic heterocycles. The van der Waals surface area contributed by atoms with Crippen molar-refractivity contribution in [2.24, 2.45) is 16.0 Å². The Morgan fingerprint density at radius 1 is 1.16 bits per heavy atom. The van der Waals surface area contributed by atoms with Crippen LogP contribution in [-0.4, -0.2) is 27.0 Å². The SMILES string of the molecule is CCCC1CCC(NC(=NCc2ccc(S(N)(=O)=O)cc2)NCCc2ccco2)CC1. The molecule has 0 radical (unpaired) electrons. The van der Waals surface area contributed by atoms with Crippen molar-refractivity contribution in [1.29, 1.82) is 0 Å². The van der Waals surface area contributed by atoms with E-state index in [1.807, 2.05) is 12.1 Å². The summed E-state index contributed by atoms with van der Waals surface area (Å²) in [4.78, 5) is 4.85. The number of hydrogen-bond acceptors (Lipinski definition) is 4. The van der Waals surface area contributed by atoms with Crippen molar-refractivity contribution in [1.82, 2.24) is 10.6 Å². The molecule has 0 amide bonds. The number of sulfonamides is 1. The van der Waals surface area contributed by atoms with E-state index >= 15 is 0 Å². The molecule has 31 heavy (non-hydrogen) atoms. The number of rotatable bonds is 9. The quantitative estimate of drug-likeness (QED) is 0.403. The second-order valence-corrected chi connectivity index (χ2v) is 9.82. The Balaban J connectivity index is 1.60. The number of primary sulfonamides is 1. The molecule has 3 rings (SSSR count). The lowest BCUT2D eigenvalue weighted by molar-refractivity contribution is 0.295. The Hall–Kier alpha value is -2.32. The molecule has 1 aliphatic carbocycles. The number of nitrogens with zero attached hydrogens (tertiary/aromatic N) is 1. The zero-order valence-electron chi connectivity index (χ0n) is 18.2. The molecular formula is C23H34N4O3S. The van der Waals surface area contributed by atoms with Gasteiger partial charge in [-0.1, -0.05) is 31.9 Å². The monoisotopic (exact) mass is 446 g/mol. The summed E-state index contributed by atoms with van der Waals surface area (Å²) < 4.78 is 28.3. The van der Waals surface area contributed by atoms with Gasteiger partial charge in [0.2, 0.25) is 10.0 Å². The van der Waals surface area contributed by atoms with Crippen LogP contribution in [0.15, 0.2) is 57.0 Å². The van der Waals surface area contributed by atoms with Gasteiger partial charge in [0.15, 0.2) is 5.96 Å². The zero-order valence-corrected chi connectivity index (χ0v) is 19.0. The summed E-state index contributed by atoms with van der Waals surface area (Å²) in [5.74, 6) is 2.57. The lowest BCUT2D eigenvalue weighted by Gasteiger charge is -2.30. The van der Waals surface area contributed by atoms with Crippen molar-refractivity contribution in [2.45, 2.75) is 69.4 Å². The third kappa shape index (κ3) is 7.70. The largest absolute Gasteiger partial charge is 0.469 e. The Morgan fingerprint density at radius 3 is 2.52 bits per heavy atom. The Morgan fingerprint density at radius 2 is 1.90 bits per heavy atom. The van der Waals surface area contributed by atoms with Crippen LogP contribution in [-0.2, 0) is 23.0 Å². The van der Waals surface area contributed by atoms with Gasteiger partial charge in [0.1, 0.15) is 5.76 Å². The number of furan rings is 1. The van der Waals surface area contributed by atoms with Gasteiger partial charge in [-0.05, 0) is 61.4 Å². The minimum absolute atomic E-state index is 0.110. The summed E-state index contributed by atoms with van der Waals surface area (Å²) in [6.07, 6.45) is 9.89. The first-order valence-corrected chi connectivity index (χ1v) is 12.7. The number of benzene rings is 1. The van der Waals surface area contributed by atoms with Crippen LogP contribution < -0.4 is 15.8 Å². The molecule has 170 valence electrons. The molecule has 1 aromatic carbocycles. The third-order valence-corrected chi connectivity index (χ3v) is 6.73. The normalized spacial score (nSPS) is 19.9. The van der Waals surface area contributed by atoms with Gasteiger partial charge in [-0.25, -0.2) is 18.5 Å². The van der Waals surface area contributed by atoms with E-state index in [1.54, 1.807) is 18.4 Å². The highest BCUT2D eigenvalue weighted by Crippen LogP contribution is 2.27. The van der Waals surface area contributed by atoms with Gasteiger partial charge < -0.3 is 15.1 Å². The van der Waals surface area contributed by atoms with Crippen LogP contribution in [0.25, 0.3) is 0 Å². The van der Waals surface area contributed by atoms with Crippen molar-refractivity contribution >= 4 is 16.0 Å². The van der Waals surface area contributed by atoms with E-state index in [-0.39, 0.29) is 4.90 Å². The predicted octanol–water partition coefficient (Wildman–Crippen LogP) is 3.56. The maximum absolute atomic E-state index is 11.4. The molecule has 0 saturated heterocycles. The highest BCUT2D eigenvalue weighted by molar-refractivity contribution is 7.89. The first kappa shape index (κ1) is 23.3. The van der Waals surface area contributed by atoms with Crippen LogP contribution >= 0.6 is 0 Å². The van der Waals surface area contributed by atoms with E-state index in [1.165, 1.54) is 37.8 Å². The van der Waals surface area contributed by atoms with Crippen molar-refractivity contribution in [3.63, 3.8) is 0 Å². The number of guanidine groups is 1. The van der Waals surface area contributed by atoms with Gasteiger partial charge in [0, 0.05) is 19.0 Å². The Kier molecular flexibility index (Phi) is 8.54. The van der Waals surface area contributed by atoms with Gasteiger partial charge in [-0.2, -0.15) is 0 Å². The average Bonchev–Trinajstić information content (AvgIpc) is 3.27. The summed E-state index contributed by atoms with van der Waals surface area (Å²) in [5, 5.41) is 12.2. The van der Waals surface area contributed by atoms with Crippen LogP contribution in [0.5, 0.6) is 0 Å². The Bertz CT molecular complexity index is 916. The van der Waals surface area contributed by atoms with Crippen LogP contribution in [0.3, 0.4) is 0 Å². The fraction of sp³-hybridized carbons (Fsp3) is 0.522. The first-order chi connectivity index (χ1) is 14.9. The van der Waals surface area contributed by atoms with Gasteiger partial charge in [-0.15, -0.1) is 0 Å². The van der Waals surface area contributed by atoms with Gasteiger partial charge in [0.25, 0.3) is 0 Å². The van der Waals surface area contributed by atoms with E-state index in [4.69, 9.17) is 14.5 Å². The second-order valence-electron chi connectivity index (χ2n) is 8.26. The van der Waals surface area contributed by atoms with E-state index < -0.39 is 10.0 Å². The summed E-state index contributed by atoms with van der Waals surface area (Å²) in [6.45, 7) is 3.43. The van der Waals surface area contributed by atoms with E-state index in [9.17, 15) is 8.42 Å². The van der Waals surface area contributed by atoms with Crippen LogP contribution in [0.2, 0.25) is 0 Å². The highest BCUT2D eigenvalue weighted by atomic mass is 32.2. The molecule has 0 unspecified atom stereocenters. The number of hydrogen-bond donors (Lipinski definition) is 3. The topological polar surface area (TPSA) is 110 Å². The smallest absolute Gasteiger partial charge is 0.238 e. The van der Waals surface area contributed by atoms with E-state index in [2.05, 4.69) is 17.6 Å². The second kappa shape index (κ2) is 11.3. The number of nitrogens with one attached hydrogen (secondary N) is 2. The minimum atomic E-state index is -3.68. The average molecular weight is 447 g/mol. The number of aliphatic imine (C=N–C) groups is 1. The molecule has 0 bridgehead atoms. The van der Waals surface area contributed by atoms with Crippen LogP contribution in [0, 0.1) is 5.92 Å². The van der Waals surface area contributed by atoms with Gasteiger partial charge in [0.05, 0.1) is 17.7 Å². The fourth-order valence-corrected chi connectivity index (χ4v) is 4.58. The van der Waals surface area contributed by atoms with Crippen molar-refractivity contribution < 1.29 is 12.8 Å². The molecule has 1 aromatic heterocycles. The third-order valence-electron chi connectivity index (χ3n) is 5.80. The van der Waals surface area contributed by atoms with Crippen LogP contribution in [0.1, 0.15) is 56.8 Å². The summed E-state index contributed by atoms with van der Waals surface area (Å²) in [7, 11) is -3.68. The van der Waals surface area contributed by atoms with E-state index in [0.717, 1.165) is 49.0 Å².